The predicted octanol–water partition coefficient (Wildman–Crippen LogP) is 1.98. The van der Waals surface area contributed by atoms with Gasteiger partial charge >= 0.3 is 11.7 Å². The number of fused-ring (bicyclic) bond motifs is 1. The maximum Gasteiger partial charge on any atom is 0.335 e. The number of nitrogens with zero attached hydrogens (tertiary/aromatic N) is 1. The van der Waals surface area contributed by atoms with Gasteiger partial charge in [-0.2, -0.15) is 0 Å². The number of aromatic amines is 1. The molecule has 0 spiro atoms. The summed E-state index contributed by atoms with van der Waals surface area (Å²) in [6, 6.07) is 8.18. The van der Waals surface area contributed by atoms with E-state index >= 15 is 0 Å². The van der Waals surface area contributed by atoms with E-state index in [1.54, 1.807) is 6.07 Å². The fourth-order valence-corrected chi connectivity index (χ4v) is 2.18. The van der Waals surface area contributed by atoms with Crippen LogP contribution in [0.15, 0.2) is 39.5 Å². The van der Waals surface area contributed by atoms with Crippen LogP contribution in [0.4, 0.5) is 0 Å². The Morgan fingerprint density at radius 2 is 2.15 bits per heavy atom. The molecule has 0 saturated carbocycles. The SMILES string of the molecule is Cc1ccc(Cn2c(=O)[nH]c3cc(C(=O)O)ccc32)o1. The molecule has 2 N–H and O–H groups in total. The molecule has 6 heteroatoms. The van der Waals surface area contributed by atoms with Crippen LogP contribution in [0.1, 0.15) is 21.9 Å². The molecule has 0 saturated heterocycles. The molecule has 20 heavy (non-hydrogen) atoms. The van der Waals surface area contributed by atoms with Gasteiger partial charge in [0.15, 0.2) is 0 Å². The Kier molecular flexibility index (Phi) is 2.71. The first kappa shape index (κ1) is 12.3. The van der Waals surface area contributed by atoms with E-state index in [0.717, 1.165) is 5.76 Å². The highest BCUT2D eigenvalue weighted by molar-refractivity contribution is 5.92. The number of hydrogen-bond donors (Lipinski definition) is 2. The van der Waals surface area contributed by atoms with Gasteiger partial charge in [-0.3, -0.25) is 4.57 Å². The van der Waals surface area contributed by atoms with E-state index in [-0.39, 0.29) is 11.3 Å². The Morgan fingerprint density at radius 1 is 1.35 bits per heavy atom. The highest BCUT2D eigenvalue weighted by atomic mass is 16.4. The number of aromatic nitrogens is 2. The van der Waals surface area contributed by atoms with Gasteiger partial charge in [-0.15, -0.1) is 0 Å². The first-order valence-corrected chi connectivity index (χ1v) is 6.06. The topological polar surface area (TPSA) is 88.2 Å². The van der Waals surface area contributed by atoms with Gasteiger partial charge in [0, 0.05) is 0 Å². The van der Waals surface area contributed by atoms with E-state index in [1.807, 2.05) is 19.1 Å². The number of benzene rings is 1. The second-order valence-electron chi connectivity index (χ2n) is 4.57. The predicted molar refractivity (Wildman–Crippen MR) is 72.1 cm³/mol. The molecule has 6 nitrogen and oxygen atoms in total. The van der Waals surface area contributed by atoms with Crippen LogP contribution in [0.2, 0.25) is 0 Å². The normalized spacial score (nSPS) is 11.1. The summed E-state index contributed by atoms with van der Waals surface area (Å²) in [4.78, 5) is 25.5. The van der Waals surface area contributed by atoms with Crippen LogP contribution in [0.25, 0.3) is 11.0 Å². The molecule has 1 aromatic carbocycles. The van der Waals surface area contributed by atoms with E-state index < -0.39 is 5.97 Å². The van der Waals surface area contributed by atoms with Crippen molar-refractivity contribution < 1.29 is 14.3 Å². The minimum Gasteiger partial charge on any atom is -0.478 e. The minimum atomic E-state index is -1.03. The van der Waals surface area contributed by atoms with Gasteiger partial charge in [-0.05, 0) is 37.3 Å². The zero-order valence-corrected chi connectivity index (χ0v) is 10.7. The number of imidazole rings is 1. The van der Waals surface area contributed by atoms with E-state index in [9.17, 15) is 9.59 Å². The number of carbonyl (C=O) groups is 1. The molecule has 0 aliphatic heterocycles. The minimum absolute atomic E-state index is 0.139. The quantitative estimate of drug-likeness (QED) is 0.763. The first-order chi connectivity index (χ1) is 9.54. The molecule has 0 atom stereocenters. The maximum absolute atomic E-state index is 11.9. The Morgan fingerprint density at radius 3 is 2.80 bits per heavy atom. The van der Waals surface area contributed by atoms with Crippen molar-refractivity contribution in [2.75, 3.05) is 0 Å². The molecular weight excluding hydrogens is 260 g/mol. The van der Waals surface area contributed by atoms with Gasteiger partial charge in [-0.1, -0.05) is 0 Å². The van der Waals surface area contributed by atoms with Gasteiger partial charge in [0.2, 0.25) is 0 Å². The molecule has 0 radical (unpaired) electrons. The largest absolute Gasteiger partial charge is 0.478 e. The Hall–Kier alpha value is -2.76. The first-order valence-electron chi connectivity index (χ1n) is 6.06. The molecule has 0 unspecified atom stereocenters. The average molecular weight is 272 g/mol. The number of carboxylic acid groups (broad SMARTS) is 1. The van der Waals surface area contributed by atoms with Gasteiger partial charge in [-0.25, -0.2) is 9.59 Å². The van der Waals surface area contributed by atoms with Crippen LogP contribution in [0.3, 0.4) is 0 Å². The Balaban J connectivity index is 2.09. The molecule has 0 bridgehead atoms. The van der Waals surface area contributed by atoms with Crippen molar-refractivity contribution >= 4 is 17.0 Å². The second kappa shape index (κ2) is 4.41. The highest BCUT2D eigenvalue weighted by Gasteiger charge is 2.11. The van der Waals surface area contributed by atoms with Crippen LogP contribution >= 0.6 is 0 Å². The number of aryl methyl sites for hydroxylation is 1. The third kappa shape index (κ3) is 2.01. The van der Waals surface area contributed by atoms with Crippen molar-refractivity contribution in [1.82, 2.24) is 9.55 Å². The van der Waals surface area contributed by atoms with Gasteiger partial charge in [0.1, 0.15) is 11.5 Å². The van der Waals surface area contributed by atoms with Crippen molar-refractivity contribution in [3.8, 4) is 0 Å². The lowest BCUT2D eigenvalue weighted by atomic mass is 10.2. The smallest absolute Gasteiger partial charge is 0.335 e. The van der Waals surface area contributed by atoms with Crippen LogP contribution in [0.5, 0.6) is 0 Å². The van der Waals surface area contributed by atoms with Crippen LogP contribution in [-0.4, -0.2) is 20.6 Å². The van der Waals surface area contributed by atoms with Crippen molar-refractivity contribution in [1.29, 1.82) is 0 Å². The third-order valence-corrected chi connectivity index (χ3v) is 3.13. The number of nitrogens with one attached hydrogen (secondary N) is 1. The fraction of sp³-hybridized carbons (Fsp3) is 0.143. The fourth-order valence-electron chi connectivity index (χ4n) is 2.18. The number of H-pyrrole nitrogens is 1. The second-order valence-corrected chi connectivity index (χ2v) is 4.57. The lowest BCUT2D eigenvalue weighted by Crippen LogP contribution is -2.16. The maximum atomic E-state index is 11.9. The Bertz CT molecular complexity index is 854. The number of hydrogen-bond acceptors (Lipinski definition) is 3. The van der Waals surface area contributed by atoms with Crippen LogP contribution < -0.4 is 5.69 Å². The lowest BCUT2D eigenvalue weighted by molar-refractivity contribution is 0.0697. The summed E-state index contributed by atoms with van der Waals surface area (Å²) < 4.78 is 6.97. The summed E-state index contributed by atoms with van der Waals surface area (Å²) in [5, 5.41) is 8.94. The Labute approximate surface area is 113 Å². The van der Waals surface area contributed by atoms with Gasteiger partial charge in [0.25, 0.3) is 0 Å². The summed E-state index contributed by atoms with van der Waals surface area (Å²) in [5.74, 6) is 0.427. The zero-order valence-electron chi connectivity index (χ0n) is 10.7. The van der Waals surface area contributed by atoms with E-state index in [0.29, 0.717) is 23.3 Å². The molecule has 2 heterocycles. The number of rotatable bonds is 3. The number of aromatic carboxylic acids is 1. The molecule has 3 rings (SSSR count). The van der Waals surface area contributed by atoms with Crippen molar-refractivity contribution in [3.05, 3.63) is 57.9 Å². The monoisotopic (exact) mass is 272 g/mol. The zero-order chi connectivity index (χ0) is 14.3. The van der Waals surface area contributed by atoms with Crippen molar-refractivity contribution in [2.24, 2.45) is 0 Å². The molecule has 3 aromatic rings. The van der Waals surface area contributed by atoms with Crippen molar-refractivity contribution in [2.45, 2.75) is 13.5 Å². The summed E-state index contributed by atoms with van der Waals surface area (Å²) in [5.41, 5.74) is 0.989. The summed E-state index contributed by atoms with van der Waals surface area (Å²) in [6.07, 6.45) is 0. The van der Waals surface area contributed by atoms with E-state index in [4.69, 9.17) is 9.52 Å². The molecule has 0 amide bonds. The van der Waals surface area contributed by atoms with E-state index in [1.165, 1.54) is 16.7 Å². The van der Waals surface area contributed by atoms with Gasteiger partial charge < -0.3 is 14.5 Å². The van der Waals surface area contributed by atoms with Crippen LogP contribution in [-0.2, 0) is 6.54 Å². The number of furan rings is 1. The lowest BCUT2D eigenvalue weighted by Gasteiger charge is -2.01. The summed E-state index contributed by atoms with van der Waals surface area (Å²) >= 11 is 0. The molecule has 0 fully saturated rings. The highest BCUT2D eigenvalue weighted by Crippen LogP contribution is 2.15. The molecular formula is C14H12N2O4. The molecule has 2 aromatic heterocycles. The van der Waals surface area contributed by atoms with Crippen LogP contribution in [0, 0.1) is 6.92 Å². The summed E-state index contributed by atoms with van der Waals surface area (Å²) in [7, 11) is 0. The number of carboxylic acids is 1. The molecule has 102 valence electrons. The molecule has 0 aliphatic carbocycles. The van der Waals surface area contributed by atoms with E-state index in [2.05, 4.69) is 4.98 Å². The third-order valence-electron chi connectivity index (χ3n) is 3.13. The van der Waals surface area contributed by atoms with Crippen molar-refractivity contribution in [3.63, 3.8) is 0 Å². The van der Waals surface area contributed by atoms with Gasteiger partial charge in [0.05, 0.1) is 23.1 Å². The average Bonchev–Trinajstić information content (AvgIpc) is 2.94. The summed E-state index contributed by atoms with van der Waals surface area (Å²) in [6.45, 7) is 2.14. The molecule has 0 aliphatic rings. The standard InChI is InChI=1S/C14H12N2O4/c1-8-2-4-10(20-8)7-16-12-5-3-9(13(17)18)6-11(12)15-14(16)19/h2-6H,7H2,1H3,(H,15,19)(H,17,18).